The summed E-state index contributed by atoms with van der Waals surface area (Å²) in [6, 6.07) is 1.88. The molecule has 0 aliphatic carbocycles. The van der Waals surface area contributed by atoms with Gasteiger partial charge in [-0.05, 0) is 6.07 Å². The van der Waals surface area contributed by atoms with Crippen LogP contribution in [0.25, 0.3) is 0 Å². The first kappa shape index (κ1) is 13.2. The average molecular weight is 268 g/mol. The first-order valence-electron chi connectivity index (χ1n) is 5.13. The number of halogens is 5. The predicted molar refractivity (Wildman–Crippen MR) is 50.8 cm³/mol. The number of hydrogen-bond donors (Lipinski definition) is 0. The Morgan fingerprint density at radius 1 is 1.33 bits per heavy atom. The van der Waals surface area contributed by atoms with Gasteiger partial charge in [0.05, 0.1) is 13.2 Å². The lowest BCUT2D eigenvalue weighted by molar-refractivity contribution is -0.225. The third-order valence-electron chi connectivity index (χ3n) is 2.39. The van der Waals surface area contributed by atoms with E-state index in [1.54, 1.807) is 0 Å². The normalized spacial score (nSPS) is 20.8. The summed E-state index contributed by atoms with van der Waals surface area (Å²) in [5, 5.41) is 0. The summed E-state index contributed by atoms with van der Waals surface area (Å²) in [7, 11) is 0. The molecule has 2 nitrogen and oxygen atoms in total. The summed E-state index contributed by atoms with van der Waals surface area (Å²) in [5.41, 5.74) is -0.732. The van der Waals surface area contributed by atoms with Crippen LogP contribution in [-0.4, -0.2) is 25.5 Å². The quantitative estimate of drug-likeness (QED) is 0.618. The summed E-state index contributed by atoms with van der Waals surface area (Å²) in [6.45, 7) is 0.0530. The SMILES string of the molecule is Fc1ccc([C@H](OC[C@@H]2CO2)C(F)(F)F)c(F)c1. The summed E-state index contributed by atoms with van der Waals surface area (Å²) >= 11 is 0. The van der Waals surface area contributed by atoms with Crippen LogP contribution in [0.4, 0.5) is 22.0 Å². The predicted octanol–water partition coefficient (Wildman–Crippen LogP) is 2.98. The van der Waals surface area contributed by atoms with Crippen LogP contribution in [0.1, 0.15) is 11.7 Å². The lowest BCUT2D eigenvalue weighted by atomic mass is 10.1. The Hall–Kier alpha value is -1.21. The van der Waals surface area contributed by atoms with E-state index in [2.05, 4.69) is 4.74 Å². The van der Waals surface area contributed by atoms with Crippen molar-refractivity contribution >= 4 is 0 Å². The number of alkyl halides is 3. The summed E-state index contributed by atoms with van der Waals surface area (Å²) in [4.78, 5) is 0. The Kier molecular flexibility index (Phi) is 3.54. The molecule has 0 aromatic heterocycles. The monoisotopic (exact) mass is 268 g/mol. The van der Waals surface area contributed by atoms with Crippen molar-refractivity contribution in [2.24, 2.45) is 0 Å². The van der Waals surface area contributed by atoms with E-state index in [9.17, 15) is 22.0 Å². The zero-order chi connectivity index (χ0) is 13.3. The standard InChI is InChI=1S/C11H9F5O2/c12-6-1-2-8(9(13)3-6)10(11(14,15)16)18-5-7-4-17-7/h1-3,7,10H,4-5H2/t7-,10-/m0/s1. The number of epoxide rings is 1. The Balaban J connectivity index is 2.20. The van der Waals surface area contributed by atoms with E-state index in [4.69, 9.17) is 4.74 Å². The molecule has 0 radical (unpaired) electrons. The Morgan fingerprint density at radius 2 is 2.00 bits per heavy atom. The number of rotatable bonds is 4. The molecule has 1 aliphatic rings. The topological polar surface area (TPSA) is 21.8 Å². The first-order chi connectivity index (χ1) is 8.38. The highest BCUT2D eigenvalue weighted by Crippen LogP contribution is 2.37. The third-order valence-corrected chi connectivity index (χ3v) is 2.39. The molecule has 18 heavy (non-hydrogen) atoms. The highest BCUT2D eigenvalue weighted by atomic mass is 19.4. The molecule has 1 fully saturated rings. The van der Waals surface area contributed by atoms with E-state index in [1.165, 1.54) is 0 Å². The first-order valence-corrected chi connectivity index (χ1v) is 5.13. The molecule has 2 atom stereocenters. The Morgan fingerprint density at radius 3 is 2.50 bits per heavy atom. The van der Waals surface area contributed by atoms with Crippen LogP contribution in [-0.2, 0) is 9.47 Å². The summed E-state index contributed by atoms with van der Waals surface area (Å²) < 4.78 is 73.5. The molecule has 100 valence electrons. The Labute approximate surface area is 99.3 Å². The van der Waals surface area contributed by atoms with E-state index < -0.39 is 29.5 Å². The van der Waals surface area contributed by atoms with Gasteiger partial charge in [0, 0.05) is 11.6 Å². The van der Waals surface area contributed by atoms with Gasteiger partial charge in [-0.25, -0.2) is 8.78 Å². The molecule has 0 N–H and O–H groups in total. The van der Waals surface area contributed by atoms with E-state index in [0.29, 0.717) is 12.7 Å². The molecule has 1 aromatic rings. The third kappa shape index (κ3) is 3.17. The van der Waals surface area contributed by atoms with Crippen LogP contribution in [0.2, 0.25) is 0 Å². The van der Waals surface area contributed by atoms with E-state index in [0.717, 1.165) is 12.1 Å². The maximum Gasteiger partial charge on any atom is 0.418 e. The molecule has 2 rings (SSSR count). The molecule has 0 amide bonds. The van der Waals surface area contributed by atoms with Gasteiger partial charge in [-0.3, -0.25) is 0 Å². The maximum absolute atomic E-state index is 13.3. The van der Waals surface area contributed by atoms with Crippen LogP contribution in [0.3, 0.4) is 0 Å². The highest BCUT2D eigenvalue weighted by Gasteiger charge is 2.44. The van der Waals surface area contributed by atoms with Crippen LogP contribution < -0.4 is 0 Å². The maximum atomic E-state index is 13.3. The van der Waals surface area contributed by atoms with Gasteiger partial charge in [-0.15, -0.1) is 0 Å². The Bertz CT molecular complexity index is 428. The number of ether oxygens (including phenoxy) is 2. The van der Waals surface area contributed by atoms with Gasteiger partial charge in [0.2, 0.25) is 0 Å². The molecule has 0 spiro atoms. The fraction of sp³-hybridized carbons (Fsp3) is 0.455. The molecule has 1 saturated heterocycles. The van der Waals surface area contributed by atoms with Gasteiger partial charge in [0.25, 0.3) is 0 Å². The lowest BCUT2D eigenvalue weighted by Gasteiger charge is -2.21. The average Bonchev–Trinajstić information content (AvgIpc) is 3.03. The molecule has 1 heterocycles. The summed E-state index contributed by atoms with van der Waals surface area (Å²) in [6.07, 6.45) is -7.56. The van der Waals surface area contributed by atoms with Gasteiger partial charge < -0.3 is 9.47 Å². The van der Waals surface area contributed by atoms with Crippen molar-refractivity contribution in [3.05, 3.63) is 35.4 Å². The van der Waals surface area contributed by atoms with Gasteiger partial charge in [0.1, 0.15) is 17.7 Å². The van der Waals surface area contributed by atoms with E-state index >= 15 is 0 Å². The molecule has 0 bridgehead atoms. The highest BCUT2D eigenvalue weighted by molar-refractivity contribution is 5.22. The minimum absolute atomic E-state index is 0.277. The lowest BCUT2D eigenvalue weighted by Crippen LogP contribution is -2.26. The second-order valence-corrected chi connectivity index (χ2v) is 3.88. The van der Waals surface area contributed by atoms with Crippen molar-refractivity contribution in [2.45, 2.75) is 18.4 Å². The summed E-state index contributed by atoms with van der Waals surface area (Å²) in [5.74, 6) is -2.23. The number of benzene rings is 1. The number of hydrogen-bond acceptors (Lipinski definition) is 2. The zero-order valence-corrected chi connectivity index (χ0v) is 9.01. The van der Waals surface area contributed by atoms with E-state index in [-0.39, 0.29) is 12.7 Å². The van der Waals surface area contributed by atoms with Crippen molar-refractivity contribution in [3.63, 3.8) is 0 Å². The van der Waals surface area contributed by atoms with Crippen LogP contribution in [0, 0.1) is 11.6 Å². The van der Waals surface area contributed by atoms with E-state index in [1.807, 2.05) is 0 Å². The van der Waals surface area contributed by atoms with Crippen molar-refractivity contribution in [3.8, 4) is 0 Å². The van der Waals surface area contributed by atoms with Crippen LogP contribution >= 0.6 is 0 Å². The molecule has 0 saturated carbocycles. The van der Waals surface area contributed by atoms with Crippen LogP contribution in [0.5, 0.6) is 0 Å². The molecule has 0 unspecified atom stereocenters. The molecule has 1 aromatic carbocycles. The van der Waals surface area contributed by atoms with Gasteiger partial charge in [-0.2, -0.15) is 13.2 Å². The minimum Gasteiger partial charge on any atom is -0.371 e. The van der Waals surface area contributed by atoms with Crippen molar-refractivity contribution in [1.29, 1.82) is 0 Å². The molecule has 7 heteroatoms. The zero-order valence-electron chi connectivity index (χ0n) is 9.01. The fourth-order valence-electron chi connectivity index (χ4n) is 1.44. The molecule has 1 aliphatic heterocycles. The molecular formula is C11H9F5O2. The van der Waals surface area contributed by atoms with Gasteiger partial charge >= 0.3 is 6.18 Å². The van der Waals surface area contributed by atoms with Crippen LogP contribution in [0.15, 0.2) is 18.2 Å². The molecular weight excluding hydrogens is 259 g/mol. The van der Waals surface area contributed by atoms with Crippen molar-refractivity contribution in [1.82, 2.24) is 0 Å². The van der Waals surface area contributed by atoms with Crippen molar-refractivity contribution < 1.29 is 31.4 Å². The smallest absolute Gasteiger partial charge is 0.371 e. The fourth-order valence-corrected chi connectivity index (χ4v) is 1.44. The minimum atomic E-state index is -4.77. The second kappa shape index (κ2) is 4.81. The van der Waals surface area contributed by atoms with Gasteiger partial charge in [-0.1, -0.05) is 6.07 Å². The largest absolute Gasteiger partial charge is 0.418 e. The second-order valence-electron chi connectivity index (χ2n) is 3.88. The van der Waals surface area contributed by atoms with Crippen molar-refractivity contribution in [2.75, 3.05) is 13.2 Å². The van der Waals surface area contributed by atoms with Gasteiger partial charge in [0.15, 0.2) is 6.10 Å².